The largest absolute Gasteiger partial charge is 0.490 e. The van der Waals surface area contributed by atoms with Gasteiger partial charge in [0.1, 0.15) is 0 Å². The monoisotopic (exact) mass is 401 g/mol. The average molecular weight is 401 g/mol. The van der Waals surface area contributed by atoms with Gasteiger partial charge in [-0.25, -0.2) is 4.79 Å². The maximum atomic E-state index is 12.1. The Bertz CT molecular complexity index is 972. The van der Waals surface area contributed by atoms with Crippen molar-refractivity contribution in [3.05, 3.63) is 57.6 Å². The first-order valence-electron chi connectivity index (χ1n) is 8.39. The first-order chi connectivity index (χ1) is 13.7. The second-order valence-corrected chi connectivity index (χ2v) is 5.98. The minimum atomic E-state index is -0.745. The molecule has 2 amide bonds. The number of nitro groups is 1. The third kappa shape index (κ3) is 5.76. The highest BCUT2D eigenvalue weighted by molar-refractivity contribution is 5.97. The minimum Gasteiger partial charge on any atom is -0.490 e. The lowest BCUT2D eigenvalue weighted by atomic mass is 10.1. The summed E-state index contributed by atoms with van der Waals surface area (Å²) < 4.78 is 9.95. The second-order valence-electron chi connectivity index (χ2n) is 5.98. The molecule has 0 aliphatic heterocycles. The van der Waals surface area contributed by atoms with Gasteiger partial charge in [0.15, 0.2) is 12.4 Å². The van der Waals surface area contributed by atoms with Gasteiger partial charge in [-0.3, -0.25) is 19.7 Å². The van der Waals surface area contributed by atoms with Gasteiger partial charge in [-0.15, -0.1) is 0 Å². The minimum absolute atomic E-state index is 0.0114. The third-order valence-corrected chi connectivity index (χ3v) is 3.75. The van der Waals surface area contributed by atoms with Crippen LogP contribution in [0.4, 0.5) is 17.1 Å². The van der Waals surface area contributed by atoms with Gasteiger partial charge >= 0.3 is 11.7 Å². The molecule has 0 heterocycles. The smallest absolute Gasteiger partial charge is 0.338 e. The first kappa shape index (κ1) is 21.4. The quantitative estimate of drug-likeness (QED) is 0.413. The zero-order valence-electron chi connectivity index (χ0n) is 16.0. The molecule has 29 heavy (non-hydrogen) atoms. The predicted molar refractivity (Wildman–Crippen MR) is 104 cm³/mol. The third-order valence-electron chi connectivity index (χ3n) is 3.75. The molecule has 0 aromatic heterocycles. The number of carbonyl (C=O) groups is 3. The Hall–Kier alpha value is -3.95. The predicted octanol–water partition coefficient (Wildman–Crippen LogP) is 2.67. The lowest BCUT2D eigenvalue weighted by Crippen LogP contribution is -2.21. The molecule has 0 unspecified atom stereocenters. The standard InChI is InChI=1S/C19H19N3O7/c1-11-7-16(22(26)27)17(28-3)9-15(11)21-18(24)10-29-19(25)13-5-4-6-14(8-13)20-12(2)23/h4-9H,10H2,1-3H3,(H,20,23)(H,21,24). The molecule has 10 nitrogen and oxygen atoms in total. The summed E-state index contributed by atoms with van der Waals surface area (Å²) in [5, 5.41) is 16.1. The Labute approximate surface area is 166 Å². The van der Waals surface area contributed by atoms with Gasteiger partial charge in [0, 0.05) is 30.4 Å². The van der Waals surface area contributed by atoms with Crippen LogP contribution >= 0.6 is 0 Å². The molecule has 0 radical (unpaired) electrons. The molecule has 2 rings (SSSR count). The second kappa shape index (κ2) is 9.31. The Morgan fingerprint density at radius 2 is 1.86 bits per heavy atom. The number of carbonyl (C=O) groups excluding carboxylic acids is 3. The van der Waals surface area contributed by atoms with Gasteiger partial charge in [-0.05, 0) is 30.7 Å². The van der Waals surface area contributed by atoms with E-state index in [0.717, 1.165) is 0 Å². The van der Waals surface area contributed by atoms with Crippen molar-refractivity contribution in [1.82, 2.24) is 0 Å². The number of nitrogens with zero attached hydrogens (tertiary/aromatic N) is 1. The molecule has 0 fully saturated rings. The van der Waals surface area contributed by atoms with Crippen LogP contribution in [0.25, 0.3) is 0 Å². The molecule has 2 aromatic rings. The molecule has 0 saturated heterocycles. The first-order valence-corrected chi connectivity index (χ1v) is 8.39. The van der Waals surface area contributed by atoms with E-state index in [2.05, 4.69) is 10.6 Å². The fourth-order valence-corrected chi connectivity index (χ4v) is 2.44. The van der Waals surface area contributed by atoms with Crippen LogP contribution in [-0.2, 0) is 14.3 Å². The van der Waals surface area contributed by atoms with Gasteiger partial charge in [-0.1, -0.05) is 6.07 Å². The molecule has 10 heteroatoms. The molecular formula is C19H19N3O7. The van der Waals surface area contributed by atoms with Crippen molar-refractivity contribution in [3.8, 4) is 5.75 Å². The van der Waals surface area contributed by atoms with Crippen LogP contribution in [0.2, 0.25) is 0 Å². The molecule has 0 aliphatic rings. The van der Waals surface area contributed by atoms with E-state index in [-0.39, 0.29) is 22.9 Å². The van der Waals surface area contributed by atoms with E-state index in [1.165, 1.54) is 38.3 Å². The van der Waals surface area contributed by atoms with E-state index < -0.39 is 23.4 Å². The number of ether oxygens (including phenoxy) is 2. The van der Waals surface area contributed by atoms with Crippen LogP contribution in [-0.4, -0.2) is 36.4 Å². The molecule has 2 aromatic carbocycles. The molecular weight excluding hydrogens is 382 g/mol. The Kier molecular flexibility index (Phi) is 6.85. The number of anilines is 2. The number of rotatable bonds is 7. The summed E-state index contributed by atoms with van der Waals surface area (Å²) in [4.78, 5) is 45.7. The fourth-order valence-electron chi connectivity index (χ4n) is 2.44. The van der Waals surface area contributed by atoms with E-state index in [1.807, 2.05) is 0 Å². The number of nitro benzene ring substituents is 1. The van der Waals surface area contributed by atoms with Crippen molar-refractivity contribution in [1.29, 1.82) is 0 Å². The van der Waals surface area contributed by atoms with E-state index >= 15 is 0 Å². The van der Waals surface area contributed by atoms with Gasteiger partial charge in [-0.2, -0.15) is 0 Å². The molecule has 0 spiro atoms. The number of aryl methyl sites for hydroxylation is 1. The Balaban J connectivity index is 2.02. The van der Waals surface area contributed by atoms with Crippen LogP contribution in [0.1, 0.15) is 22.8 Å². The number of hydrogen-bond donors (Lipinski definition) is 2. The highest BCUT2D eigenvalue weighted by atomic mass is 16.6. The molecule has 152 valence electrons. The van der Waals surface area contributed by atoms with Crippen LogP contribution in [0, 0.1) is 17.0 Å². The topological polar surface area (TPSA) is 137 Å². The summed E-state index contributed by atoms with van der Waals surface area (Å²) in [6.07, 6.45) is 0. The summed E-state index contributed by atoms with van der Waals surface area (Å²) in [5.74, 6) is -1.67. The lowest BCUT2D eigenvalue weighted by Gasteiger charge is -2.11. The highest BCUT2D eigenvalue weighted by Gasteiger charge is 2.19. The number of methoxy groups -OCH3 is 1. The highest BCUT2D eigenvalue weighted by Crippen LogP contribution is 2.32. The van der Waals surface area contributed by atoms with Gasteiger partial charge < -0.3 is 20.1 Å². The zero-order valence-corrected chi connectivity index (χ0v) is 16.0. The van der Waals surface area contributed by atoms with E-state index in [9.17, 15) is 24.5 Å². The summed E-state index contributed by atoms with van der Waals surface area (Å²) >= 11 is 0. The maximum absolute atomic E-state index is 12.1. The summed E-state index contributed by atoms with van der Waals surface area (Å²) in [7, 11) is 1.28. The molecule has 0 saturated carbocycles. The van der Waals surface area contributed by atoms with Crippen molar-refractivity contribution >= 4 is 34.8 Å². The maximum Gasteiger partial charge on any atom is 0.338 e. The Morgan fingerprint density at radius 3 is 2.48 bits per heavy atom. The van der Waals surface area contributed by atoms with Gasteiger partial charge in [0.2, 0.25) is 5.91 Å². The van der Waals surface area contributed by atoms with E-state index in [1.54, 1.807) is 19.1 Å². The summed E-state index contributed by atoms with van der Waals surface area (Å²) in [6.45, 7) is 2.36. The lowest BCUT2D eigenvalue weighted by molar-refractivity contribution is -0.385. The van der Waals surface area contributed by atoms with E-state index in [4.69, 9.17) is 9.47 Å². The van der Waals surface area contributed by atoms with Gasteiger partial charge in [0.05, 0.1) is 17.6 Å². The van der Waals surface area contributed by atoms with Crippen LogP contribution in [0.3, 0.4) is 0 Å². The summed E-state index contributed by atoms with van der Waals surface area (Å²) in [6, 6.07) is 8.67. The molecule has 0 aliphatic carbocycles. The Morgan fingerprint density at radius 1 is 1.14 bits per heavy atom. The van der Waals surface area contributed by atoms with Crippen molar-refractivity contribution in [2.45, 2.75) is 13.8 Å². The number of hydrogen-bond acceptors (Lipinski definition) is 7. The molecule has 0 atom stereocenters. The number of esters is 1. The molecule has 2 N–H and O–H groups in total. The van der Waals surface area contributed by atoms with Crippen LogP contribution in [0.15, 0.2) is 36.4 Å². The SMILES string of the molecule is COc1cc(NC(=O)COC(=O)c2cccc(NC(C)=O)c2)c(C)cc1[N+](=O)[O-]. The number of nitrogens with one attached hydrogen (secondary N) is 2. The number of amides is 2. The normalized spacial score (nSPS) is 10.0. The van der Waals surface area contributed by atoms with Crippen molar-refractivity contribution < 1.29 is 28.8 Å². The molecule has 0 bridgehead atoms. The van der Waals surface area contributed by atoms with Crippen molar-refractivity contribution in [3.63, 3.8) is 0 Å². The van der Waals surface area contributed by atoms with Crippen LogP contribution in [0.5, 0.6) is 5.75 Å². The van der Waals surface area contributed by atoms with Gasteiger partial charge in [0.25, 0.3) is 5.91 Å². The fraction of sp³-hybridized carbons (Fsp3) is 0.211. The zero-order chi connectivity index (χ0) is 21.6. The summed E-state index contributed by atoms with van der Waals surface area (Å²) in [5.41, 5.74) is 1.09. The van der Waals surface area contributed by atoms with Crippen LogP contribution < -0.4 is 15.4 Å². The average Bonchev–Trinajstić information content (AvgIpc) is 2.66. The van der Waals surface area contributed by atoms with E-state index in [0.29, 0.717) is 16.9 Å². The van der Waals surface area contributed by atoms with Crippen molar-refractivity contribution in [2.75, 3.05) is 24.4 Å². The van der Waals surface area contributed by atoms with Crippen molar-refractivity contribution in [2.24, 2.45) is 0 Å². The number of benzene rings is 2.